The first-order chi connectivity index (χ1) is 12.8. The van der Waals surface area contributed by atoms with Crippen molar-refractivity contribution in [1.29, 1.82) is 0 Å². The number of imide groups is 1. The number of rotatable bonds is 6. The van der Waals surface area contributed by atoms with Crippen molar-refractivity contribution in [2.24, 2.45) is 0 Å². The number of hydrogen-bond donors (Lipinski definition) is 2. The Morgan fingerprint density at radius 2 is 1.93 bits per heavy atom. The first kappa shape index (κ1) is 18.7. The van der Waals surface area contributed by atoms with E-state index < -0.39 is 23.4 Å². The zero-order valence-corrected chi connectivity index (χ0v) is 15.5. The van der Waals surface area contributed by atoms with E-state index in [1.807, 2.05) is 25.1 Å². The number of hydrazine groups is 1. The summed E-state index contributed by atoms with van der Waals surface area (Å²) in [5.74, 6) is 0.523. The highest BCUT2D eigenvalue weighted by molar-refractivity contribution is 6.08. The lowest BCUT2D eigenvalue weighted by Gasteiger charge is -2.22. The summed E-state index contributed by atoms with van der Waals surface area (Å²) < 4.78 is 5.48. The van der Waals surface area contributed by atoms with Crippen LogP contribution in [0, 0.1) is 6.92 Å². The van der Waals surface area contributed by atoms with Crippen LogP contribution in [-0.4, -0.2) is 41.3 Å². The summed E-state index contributed by atoms with van der Waals surface area (Å²) in [6, 6.07) is 11.9. The van der Waals surface area contributed by atoms with Crippen LogP contribution in [0.25, 0.3) is 0 Å². The number of hydrogen-bond acceptors (Lipinski definition) is 5. The van der Waals surface area contributed by atoms with Gasteiger partial charge in [0, 0.05) is 0 Å². The SMILES string of the molecule is Cc1ccc(CN(C)CC(=O)NN2C(=O)N[C@@](C)(c3ccccc3)C2=O)o1. The van der Waals surface area contributed by atoms with Crippen molar-refractivity contribution in [3.05, 3.63) is 59.5 Å². The lowest BCUT2D eigenvalue weighted by atomic mass is 9.92. The summed E-state index contributed by atoms with van der Waals surface area (Å²) in [5.41, 5.74) is 1.81. The Kier molecular flexibility index (Phi) is 5.00. The number of nitrogens with one attached hydrogen (secondary N) is 2. The molecule has 27 heavy (non-hydrogen) atoms. The summed E-state index contributed by atoms with van der Waals surface area (Å²) in [6.07, 6.45) is 0. The topological polar surface area (TPSA) is 94.9 Å². The summed E-state index contributed by atoms with van der Waals surface area (Å²) in [4.78, 5) is 39.0. The third-order valence-electron chi connectivity index (χ3n) is 4.41. The molecule has 0 aliphatic carbocycles. The molecule has 0 unspecified atom stereocenters. The molecular weight excluding hydrogens is 348 g/mol. The van der Waals surface area contributed by atoms with Crippen molar-refractivity contribution in [1.82, 2.24) is 20.7 Å². The van der Waals surface area contributed by atoms with Gasteiger partial charge in [0.1, 0.15) is 17.1 Å². The number of carbonyl (C=O) groups is 3. The second-order valence-electron chi connectivity index (χ2n) is 6.78. The molecule has 1 aromatic heterocycles. The van der Waals surface area contributed by atoms with E-state index in [4.69, 9.17) is 4.42 Å². The van der Waals surface area contributed by atoms with Gasteiger partial charge in [-0.1, -0.05) is 30.3 Å². The van der Waals surface area contributed by atoms with Gasteiger partial charge in [-0.2, -0.15) is 5.01 Å². The van der Waals surface area contributed by atoms with E-state index in [0.717, 1.165) is 16.5 Å². The number of furan rings is 1. The second kappa shape index (κ2) is 7.24. The van der Waals surface area contributed by atoms with Gasteiger partial charge in [0.15, 0.2) is 0 Å². The largest absolute Gasteiger partial charge is 0.465 e. The van der Waals surface area contributed by atoms with Gasteiger partial charge in [0.25, 0.3) is 11.8 Å². The molecular formula is C19H22N4O4. The number of aryl methyl sites for hydroxylation is 1. The van der Waals surface area contributed by atoms with Crippen LogP contribution in [0.3, 0.4) is 0 Å². The number of benzene rings is 1. The maximum atomic E-state index is 12.8. The third-order valence-corrected chi connectivity index (χ3v) is 4.41. The van der Waals surface area contributed by atoms with Crippen LogP contribution >= 0.6 is 0 Å². The normalized spacial score (nSPS) is 19.5. The lowest BCUT2D eigenvalue weighted by molar-refractivity contribution is -0.139. The van der Waals surface area contributed by atoms with Crippen molar-refractivity contribution in [2.45, 2.75) is 25.9 Å². The Morgan fingerprint density at radius 3 is 2.56 bits per heavy atom. The molecule has 0 spiro atoms. The average molecular weight is 370 g/mol. The van der Waals surface area contributed by atoms with Crippen molar-refractivity contribution < 1.29 is 18.8 Å². The summed E-state index contributed by atoms with van der Waals surface area (Å²) in [7, 11) is 1.75. The lowest BCUT2D eigenvalue weighted by Crippen LogP contribution is -2.50. The van der Waals surface area contributed by atoms with E-state index in [1.54, 1.807) is 43.1 Å². The first-order valence-corrected chi connectivity index (χ1v) is 8.55. The highest BCUT2D eigenvalue weighted by Gasteiger charge is 2.49. The minimum Gasteiger partial charge on any atom is -0.465 e. The minimum atomic E-state index is -1.22. The Hall–Kier alpha value is -3.13. The summed E-state index contributed by atoms with van der Waals surface area (Å²) >= 11 is 0. The number of nitrogens with zero attached hydrogens (tertiary/aromatic N) is 2. The second-order valence-corrected chi connectivity index (χ2v) is 6.78. The fourth-order valence-electron chi connectivity index (χ4n) is 3.00. The van der Waals surface area contributed by atoms with Crippen LogP contribution < -0.4 is 10.7 Å². The quantitative estimate of drug-likeness (QED) is 0.752. The van der Waals surface area contributed by atoms with Crippen molar-refractivity contribution >= 4 is 17.8 Å². The van der Waals surface area contributed by atoms with Crippen molar-refractivity contribution in [3.63, 3.8) is 0 Å². The molecule has 0 radical (unpaired) electrons. The van der Waals surface area contributed by atoms with Crippen LogP contribution in [0.5, 0.6) is 0 Å². The van der Waals surface area contributed by atoms with Gasteiger partial charge in [-0.25, -0.2) is 4.79 Å². The Labute approximate surface area is 157 Å². The number of carbonyl (C=O) groups excluding carboxylic acids is 3. The van der Waals surface area contributed by atoms with E-state index in [0.29, 0.717) is 12.1 Å². The molecule has 0 saturated carbocycles. The maximum Gasteiger partial charge on any atom is 0.344 e. The molecule has 3 rings (SSSR count). The van der Waals surface area contributed by atoms with Crippen molar-refractivity contribution in [2.75, 3.05) is 13.6 Å². The van der Waals surface area contributed by atoms with Crippen LogP contribution in [0.1, 0.15) is 24.0 Å². The fraction of sp³-hybridized carbons (Fsp3) is 0.316. The molecule has 1 aromatic carbocycles. The first-order valence-electron chi connectivity index (χ1n) is 8.55. The van der Waals surface area contributed by atoms with Crippen molar-refractivity contribution in [3.8, 4) is 0 Å². The Balaban J connectivity index is 1.62. The van der Waals surface area contributed by atoms with Gasteiger partial charge in [-0.05, 0) is 38.6 Å². The van der Waals surface area contributed by atoms with E-state index >= 15 is 0 Å². The van der Waals surface area contributed by atoms with Crippen LogP contribution in [0.15, 0.2) is 46.9 Å². The molecule has 8 heteroatoms. The molecule has 2 N–H and O–H groups in total. The predicted molar refractivity (Wildman–Crippen MR) is 97.1 cm³/mol. The molecule has 1 fully saturated rings. The van der Waals surface area contributed by atoms with Gasteiger partial charge < -0.3 is 9.73 Å². The molecule has 1 atom stereocenters. The van der Waals surface area contributed by atoms with Gasteiger partial charge in [0.2, 0.25) is 0 Å². The summed E-state index contributed by atoms with van der Waals surface area (Å²) in [6.45, 7) is 3.89. The zero-order valence-electron chi connectivity index (χ0n) is 15.5. The van der Waals surface area contributed by atoms with E-state index in [9.17, 15) is 14.4 Å². The van der Waals surface area contributed by atoms with Crippen LogP contribution in [0.4, 0.5) is 4.79 Å². The molecule has 1 aliphatic heterocycles. The van der Waals surface area contributed by atoms with E-state index in [2.05, 4.69) is 10.7 Å². The van der Waals surface area contributed by atoms with Gasteiger partial charge in [0.05, 0.1) is 13.1 Å². The Bertz CT molecular complexity index is 864. The smallest absolute Gasteiger partial charge is 0.344 e. The molecule has 1 aliphatic rings. The van der Waals surface area contributed by atoms with Gasteiger partial charge in [-0.3, -0.25) is 19.9 Å². The molecule has 2 aromatic rings. The standard InChI is InChI=1S/C19H22N4O4/c1-13-9-10-15(27-13)11-22(3)12-16(24)21-23-17(25)19(2,20-18(23)26)14-7-5-4-6-8-14/h4-10H,11-12H2,1-3H3,(H,20,26)(H,21,24)/t19-/m0/s1. The number of urea groups is 1. The monoisotopic (exact) mass is 370 g/mol. The maximum absolute atomic E-state index is 12.8. The minimum absolute atomic E-state index is 0.00113. The van der Waals surface area contributed by atoms with Crippen LogP contribution in [0.2, 0.25) is 0 Å². The zero-order chi connectivity index (χ0) is 19.6. The average Bonchev–Trinajstić information content (AvgIpc) is 3.12. The number of amides is 4. The highest BCUT2D eigenvalue weighted by atomic mass is 16.3. The van der Waals surface area contributed by atoms with Crippen LogP contribution in [-0.2, 0) is 21.7 Å². The highest BCUT2D eigenvalue weighted by Crippen LogP contribution is 2.27. The third kappa shape index (κ3) is 3.85. The number of likely N-dealkylation sites (N-methyl/N-ethyl adjacent to an activating group) is 1. The molecule has 142 valence electrons. The van der Waals surface area contributed by atoms with E-state index in [1.165, 1.54) is 0 Å². The molecule has 4 amide bonds. The molecule has 0 bridgehead atoms. The Morgan fingerprint density at radius 1 is 1.22 bits per heavy atom. The van der Waals surface area contributed by atoms with Gasteiger partial charge >= 0.3 is 6.03 Å². The fourth-order valence-corrected chi connectivity index (χ4v) is 3.00. The van der Waals surface area contributed by atoms with Gasteiger partial charge in [-0.15, -0.1) is 0 Å². The predicted octanol–water partition coefficient (Wildman–Crippen LogP) is 1.52. The molecule has 8 nitrogen and oxygen atoms in total. The molecule has 1 saturated heterocycles. The van der Waals surface area contributed by atoms with E-state index in [-0.39, 0.29) is 6.54 Å². The molecule has 2 heterocycles. The summed E-state index contributed by atoms with van der Waals surface area (Å²) in [5, 5.41) is 3.38.